The molecule has 0 bridgehead atoms. The molecule has 0 aliphatic rings. The average Bonchev–Trinajstić information content (AvgIpc) is 2.95. The van der Waals surface area contributed by atoms with Crippen molar-refractivity contribution in [3.8, 4) is 0 Å². The summed E-state index contributed by atoms with van der Waals surface area (Å²) in [6.45, 7) is 0. The van der Waals surface area contributed by atoms with Gasteiger partial charge in [0.05, 0.1) is 12.7 Å². The number of aromatic nitrogens is 4. The molecule has 3 rings (SSSR count). The van der Waals surface area contributed by atoms with Gasteiger partial charge in [0.25, 0.3) is 0 Å². The minimum Gasteiger partial charge on any atom is -0.465 e. The third-order valence-electron chi connectivity index (χ3n) is 3.22. The van der Waals surface area contributed by atoms with Gasteiger partial charge >= 0.3 is 5.97 Å². The predicted molar refractivity (Wildman–Crippen MR) is 76.0 cm³/mol. The lowest BCUT2D eigenvalue weighted by atomic mass is 10.2. The van der Waals surface area contributed by atoms with E-state index in [2.05, 4.69) is 15.2 Å². The number of esters is 1. The zero-order valence-electron chi connectivity index (χ0n) is 11.6. The second-order valence-corrected chi connectivity index (χ2v) is 4.57. The number of aryl methyl sites for hydroxylation is 2. The Bertz CT molecular complexity index is 768. The summed E-state index contributed by atoms with van der Waals surface area (Å²) in [5.74, 6) is 0.419. The Labute approximate surface area is 121 Å². The second kappa shape index (κ2) is 5.70. The zero-order valence-corrected chi connectivity index (χ0v) is 11.6. The molecular weight excluding hydrogens is 268 g/mol. The Morgan fingerprint density at radius 3 is 2.86 bits per heavy atom. The summed E-state index contributed by atoms with van der Waals surface area (Å²) in [7, 11) is 1.36. The van der Waals surface area contributed by atoms with Gasteiger partial charge in [-0.15, -0.1) is 10.2 Å². The van der Waals surface area contributed by atoms with E-state index < -0.39 is 0 Å². The predicted octanol–water partition coefficient (Wildman–Crippen LogP) is 1.70. The first-order valence-corrected chi connectivity index (χ1v) is 6.60. The molecular formula is C15H14N4O2. The lowest BCUT2D eigenvalue weighted by Gasteiger charge is -2.03. The normalized spacial score (nSPS) is 10.7. The molecule has 106 valence electrons. The lowest BCUT2D eigenvalue weighted by Crippen LogP contribution is -2.05. The molecule has 0 fully saturated rings. The molecule has 0 aromatic carbocycles. The molecule has 0 aliphatic carbocycles. The van der Waals surface area contributed by atoms with Gasteiger partial charge in [-0.3, -0.25) is 9.38 Å². The highest BCUT2D eigenvalue weighted by atomic mass is 16.5. The summed E-state index contributed by atoms with van der Waals surface area (Å²) in [6.07, 6.45) is 4.94. The van der Waals surface area contributed by atoms with E-state index >= 15 is 0 Å². The van der Waals surface area contributed by atoms with Gasteiger partial charge in [0.15, 0.2) is 5.65 Å². The van der Waals surface area contributed by atoms with Gasteiger partial charge in [-0.1, -0.05) is 6.07 Å². The van der Waals surface area contributed by atoms with Crippen LogP contribution < -0.4 is 0 Å². The van der Waals surface area contributed by atoms with E-state index in [1.54, 1.807) is 24.5 Å². The van der Waals surface area contributed by atoms with Crippen molar-refractivity contribution in [1.82, 2.24) is 19.6 Å². The van der Waals surface area contributed by atoms with E-state index in [9.17, 15) is 4.79 Å². The molecule has 0 spiro atoms. The van der Waals surface area contributed by atoms with Gasteiger partial charge in [-0.2, -0.15) is 0 Å². The van der Waals surface area contributed by atoms with E-state index in [1.807, 2.05) is 22.6 Å². The van der Waals surface area contributed by atoms with Crippen molar-refractivity contribution in [1.29, 1.82) is 0 Å². The number of nitrogens with zero attached hydrogens (tertiary/aromatic N) is 4. The highest BCUT2D eigenvalue weighted by Crippen LogP contribution is 2.10. The van der Waals surface area contributed by atoms with Gasteiger partial charge in [-0.25, -0.2) is 4.79 Å². The third-order valence-corrected chi connectivity index (χ3v) is 3.22. The number of rotatable bonds is 4. The third kappa shape index (κ3) is 2.74. The van der Waals surface area contributed by atoms with Gasteiger partial charge in [0.2, 0.25) is 0 Å². The molecule has 0 saturated carbocycles. The fourth-order valence-electron chi connectivity index (χ4n) is 2.13. The first kappa shape index (κ1) is 13.2. The number of pyridine rings is 2. The van der Waals surface area contributed by atoms with Crippen molar-refractivity contribution in [2.24, 2.45) is 0 Å². The molecule has 0 unspecified atom stereocenters. The highest BCUT2D eigenvalue weighted by Gasteiger charge is 2.10. The Kier molecular flexibility index (Phi) is 3.59. The molecule has 3 aromatic heterocycles. The fourth-order valence-corrected chi connectivity index (χ4v) is 2.13. The van der Waals surface area contributed by atoms with E-state index in [4.69, 9.17) is 4.74 Å². The summed E-state index contributed by atoms with van der Waals surface area (Å²) < 4.78 is 6.54. The summed E-state index contributed by atoms with van der Waals surface area (Å²) in [5.41, 5.74) is 2.18. The molecule has 0 atom stereocenters. The Morgan fingerprint density at radius 1 is 1.19 bits per heavy atom. The molecule has 0 radical (unpaired) electrons. The van der Waals surface area contributed by atoms with E-state index in [-0.39, 0.29) is 5.97 Å². The maximum atomic E-state index is 11.6. The molecule has 6 heteroatoms. The van der Waals surface area contributed by atoms with Crippen LogP contribution in [0.1, 0.15) is 21.9 Å². The van der Waals surface area contributed by atoms with Crippen LogP contribution in [0.25, 0.3) is 5.65 Å². The number of carbonyl (C=O) groups is 1. The van der Waals surface area contributed by atoms with Crippen molar-refractivity contribution in [3.05, 3.63) is 59.8 Å². The van der Waals surface area contributed by atoms with Crippen LogP contribution in [-0.2, 0) is 17.6 Å². The van der Waals surface area contributed by atoms with Crippen LogP contribution in [0.3, 0.4) is 0 Å². The second-order valence-electron chi connectivity index (χ2n) is 4.57. The SMILES string of the molecule is COC(=O)c1ccc2nnc(CCc3ccccn3)n2c1. The number of methoxy groups -OCH3 is 1. The molecule has 0 N–H and O–H groups in total. The number of hydrogen-bond acceptors (Lipinski definition) is 5. The van der Waals surface area contributed by atoms with Crippen LogP contribution >= 0.6 is 0 Å². The lowest BCUT2D eigenvalue weighted by molar-refractivity contribution is 0.0600. The van der Waals surface area contributed by atoms with Crippen LogP contribution in [0.5, 0.6) is 0 Å². The monoisotopic (exact) mass is 282 g/mol. The maximum absolute atomic E-state index is 11.6. The molecule has 0 aliphatic heterocycles. The summed E-state index contributed by atoms with van der Waals surface area (Å²) >= 11 is 0. The number of carbonyl (C=O) groups excluding carboxylic acids is 1. The average molecular weight is 282 g/mol. The molecule has 0 amide bonds. The fraction of sp³-hybridized carbons (Fsp3) is 0.200. The van der Waals surface area contributed by atoms with E-state index in [1.165, 1.54) is 7.11 Å². The first-order valence-electron chi connectivity index (χ1n) is 6.60. The van der Waals surface area contributed by atoms with Crippen molar-refractivity contribution >= 4 is 11.6 Å². The van der Waals surface area contributed by atoms with Crippen LogP contribution in [0.2, 0.25) is 0 Å². The quantitative estimate of drug-likeness (QED) is 0.681. The van der Waals surface area contributed by atoms with Crippen LogP contribution in [0, 0.1) is 0 Å². The van der Waals surface area contributed by atoms with Crippen LogP contribution in [0.4, 0.5) is 0 Å². The largest absolute Gasteiger partial charge is 0.465 e. The minimum atomic E-state index is -0.374. The maximum Gasteiger partial charge on any atom is 0.339 e. The summed E-state index contributed by atoms with van der Waals surface area (Å²) in [4.78, 5) is 15.9. The number of fused-ring (bicyclic) bond motifs is 1. The standard InChI is InChI=1S/C15H14N4O2/c1-21-15(20)11-5-7-13-17-18-14(19(13)10-11)8-6-12-4-2-3-9-16-12/h2-5,7,9-10H,6,8H2,1H3. The Hall–Kier alpha value is -2.76. The summed E-state index contributed by atoms with van der Waals surface area (Å²) in [6, 6.07) is 9.25. The van der Waals surface area contributed by atoms with Gasteiger partial charge < -0.3 is 4.74 Å². The van der Waals surface area contributed by atoms with Crippen LogP contribution in [-0.4, -0.2) is 32.7 Å². The summed E-state index contributed by atoms with van der Waals surface area (Å²) in [5, 5.41) is 8.27. The first-order chi connectivity index (χ1) is 10.3. The number of hydrogen-bond donors (Lipinski definition) is 0. The van der Waals surface area contributed by atoms with Crippen molar-refractivity contribution in [2.45, 2.75) is 12.8 Å². The van der Waals surface area contributed by atoms with Gasteiger partial charge in [0, 0.05) is 24.5 Å². The molecule has 3 aromatic rings. The zero-order chi connectivity index (χ0) is 14.7. The van der Waals surface area contributed by atoms with Crippen molar-refractivity contribution in [2.75, 3.05) is 7.11 Å². The Balaban J connectivity index is 1.86. The molecule has 6 nitrogen and oxygen atoms in total. The van der Waals surface area contributed by atoms with Crippen molar-refractivity contribution < 1.29 is 9.53 Å². The molecule has 21 heavy (non-hydrogen) atoms. The highest BCUT2D eigenvalue weighted by molar-refractivity contribution is 5.89. The van der Waals surface area contributed by atoms with Gasteiger partial charge in [0.1, 0.15) is 5.82 Å². The molecule has 3 heterocycles. The number of ether oxygens (including phenoxy) is 1. The topological polar surface area (TPSA) is 69.4 Å². The van der Waals surface area contributed by atoms with E-state index in [0.29, 0.717) is 17.6 Å². The van der Waals surface area contributed by atoms with E-state index in [0.717, 1.165) is 17.9 Å². The van der Waals surface area contributed by atoms with Gasteiger partial charge in [-0.05, 0) is 30.7 Å². The van der Waals surface area contributed by atoms with Crippen molar-refractivity contribution in [3.63, 3.8) is 0 Å². The Morgan fingerprint density at radius 2 is 2.10 bits per heavy atom. The smallest absolute Gasteiger partial charge is 0.339 e. The minimum absolute atomic E-state index is 0.374. The van der Waals surface area contributed by atoms with Crippen LogP contribution in [0.15, 0.2) is 42.7 Å². The molecule has 0 saturated heterocycles.